The topological polar surface area (TPSA) is 279 Å². The van der Waals surface area contributed by atoms with Crippen LogP contribution in [0.25, 0.3) is 0 Å². The van der Waals surface area contributed by atoms with Crippen molar-refractivity contribution in [2.45, 2.75) is 185 Å². The molecule has 0 heterocycles. The Balaban J connectivity index is 5.36. The van der Waals surface area contributed by atoms with Gasteiger partial charge in [-0.1, -0.05) is 153 Å². The molecule has 0 radical (unpaired) electrons. The molecule has 384 valence electrons. The molecule has 7 atom stereocenters. The van der Waals surface area contributed by atoms with Crippen molar-refractivity contribution in [2.75, 3.05) is 32.2 Å². The molecule has 0 aromatic carbocycles. The molecule has 20 heteroatoms. The predicted molar refractivity (Wildman–Crippen MR) is 258 cm³/mol. The summed E-state index contributed by atoms with van der Waals surface area (Å²) in [7, 11) is -9.87. The molecule has 0 bridgehead atoms. The van der Waals surface area contributed by atoms with E-state index < -0.39 is 89.6 Å². The van der Waals surface area contributed by atoms with E-state index in [9.17, 15) is 38.6 Å². The number of thioether (sulfide) groups is 1. The third kappa shape index (κ3) is 40.8. The molecule has 0 aliphatic carbocycles. The average molecular weight is 1000 g/mol. The normalized spacial score (nSPS) is 16.1. The summed E-state index contributed by atoms with van der Waals surface area (Å²) in [4.78, 5) is 64.7. The molecule has 0 amide bonds. The summed E-state index contributed by atoms with van der Waals surface area (Å²) in [5.74, 6) is -1.79. The first-order valence-electron chi connectivity index (χ1n) is 23.7. The maximum absolute atomic E-state index is 13.0. The number of carboxylic acid groups (broad SMARTS) is 1. The zero-order valence-corrected chi connectivity index (χ0v) is 42.2. The van der Waals surface area contributed by atoms with Gasteiger partial charge in [-0.25, -0.2) is 9.13 Å². The van der Waals surface area contributed by atoms with Crippen LogP contribution in [0, 0.1) is 5.92 Å². The highest BCUT2D eigenvalue weighted by Crippen LogP contribution is 2.44. The number of aliphatic carboxylic acids is 1. The van der Waals surface area contributed by atoms with E-state index in [0.717, 1.165) is 56.2 Å². The zero-order chi connectivity index (χ0) is 49.5. The number of hydrogen-bond donors (Lipinski definition) is 7. The molecule has 0 saturated carbocycles. The summed E-state index contributed by atoms with van der Waals surface area (Å²) in [6, 6.07) is -1.22. The zero-order valence-electron chi connectivity index (χ0n) is 39.6. The van der Waals surface area contributed by atoms with Gasteiger partial charge in [0.1, 0.15) is 18.8 Å². The number of aliphatic hydroxyl groups is 2. The lowest BCUT2D eigenvalue weighted by atomic mass is 9.99. The van der Waals surface area contributed by atoms with E-state index >= 15 is 0 Å². The van der Waals surface area contributed by atoms with Crippen molar-refractivity contribution in [3.05, 3.63) is 48.6 Å². The van der Waals surface area contributed by atoms with Gasteiger partial charge in [0.2, 0.25) is 0 Å². The molecule has 0 spiro atoms. The third-order valence-electron chi connectivity index (χ3n) is 10.2. The Morgan fingerprint density at radius 1 is 0.697 bits per heavy atom. The number of carbonyl (C=O) groups excluding carboxylic acids is 2. The van der Waals surface area contributed by atoms with Crippen LogP contribution in [-0.4, -0.2) is 110 Å². The number of allylic oxidation sites excluding steroid dienone is 7. The number of nitrogens with two attached hydrogens (primary N) is 1. The number of rotatable bonds is 44. The van der Waals surface area contributed by atoms with Crippen LogP contribution in [0.1, 0.15) is 156 Å². The molecule has 0 aromatic rings. The number of phosphoric acid groups is 2. The molecule has 0 aliphatic rings. The van der Waals surface area contributed by atoms with Crippen molar-refractivity contribution < 1.29 is 76.6 Å². The van der Waals surface area contributed by atoms with Crippen LogP contribution in [-0.2, 0) is 46.6 Å². The monoisotopic (exact) mass is 999 g/mol. The highest BCUT2D eigenvalue weighted by molar-refractivity contribution is 8.00. The van der Waals surface area contributed by atoms with Gasteiger partial charge in [-0.15, -0.1) is 11.8 Å². The average Bonchev–Trinajstić information content (AvgIpc) is 3.26. The molecule has 0 aliphatic heterocycles. The number of esters is 2. The van der Waals surface area contributed by atoms with Crippen molar-refractivity contribution in [3.8, 4) is 0 Å². The Bertz CT molecular complexity index is 1490. The van der Waals surface area contributed by atoms with Gasteiger partial charge >= 0.3 is 33.6 Å². The first-order chi connectivity index (χ1) is 31.4. The largest absolute Gasteiger partial charge is 0.481 e. The number of carbonyl (C=O) groups is 3. The molecule has 0 rings (SSSR count). The van der Waals surface area contributed by atoms with E-state index in [-0.39, 0.29) is 31.4 Å². The molecular formula is C46H83NO16P2S. The molecule has 0 saturated heterocycles. The Kier molecular flexibility index (Phi) is 39.3. The summed E-state index contributed by atoms with van der Waals surface area (Å²) in [6.07, 6.45) is 30.1. The number of unbranched alkanes of at least 4 members (excludes halogenated alkanes) is 12. The van der Waals surface area contributed by atoms with Crippen LogP contribution in [0.15, 0.2) is 48.6 Å². The lowest BCUT2D eigenvalue weighted by Gasteiger charge is -2.22. The summed E-state index contributed by atoms with van der Waals surface area (Å²) < 4.78 is 48.0. The summed E-state index contributed by atoms with van der Waals surface area (Å²) in [5, 5.41) is 29.2. The highest BCUT2D eigenvalue weighted by Gasteiger charge is 2.29. The smallest absolute Gasteiger partial charge is 0.472 e. The summed E-state index contributed by atoms with van der Waals surface area (Å²) >= 11 is 1.16. The van der Waals surface area contributed by atoms with E-state index in [1.54, 1.807) is 18.2 Å². The maximum atomic E-state index is 13.0. The standard InChI is InChI=1S/C46H83NO16P2S/c1-4-6-7-8-9-10-11-12-16-19-22-25-30-43(42(49)29-27-31-44(50)51)66-37-41(47)46(53)59-35-40(36-62-65(57,58)61-34-39(48)33-60-64(54,55)56)63-45(52)32-26-23-20-17-14-13-15-18-21-24-28-38(3)5-2/h9-10,12,16,19,22,25,30,38-43,48-49H,4-8,11,13-15,17-18,20-21,23-24,26-29,31-37,47H2,1-3H3,(H,50,51)(H,57,58)(H2,54,55,56)/b10-9-,16-12-,22-19+,30-25+/t38?,39-,40+,41-,42-,43+/m0/s1. The number of hydrogen-bond acceptors (Lipinski definition) is 14. The molecule has 8 N–H and O–H groups in total. The molecule has 2 unspecified atom stereocenters. The van der Waals surface area contributed by atoms with Crippen molar-refractivity contribution in [3.63, 3.8) is 0 Å². The number of carboxylic acids is 1. The Labute approximate surface area is 398 Å². The van der Waals surface area contributed by atoms with Crippen molar-refractivity contribution in [1.82, 2.24) is 0 Å². The second-order valence-electron chi connectivity index (χ2n) is 16.5. The summed E-state index contributed by atoms with van der Waals surface area (Å²) in [6.45, 7) is 3.47. The Morgan fingerprint density at radius 2 is 1.32 bits per heavy atom. The molecule has 0 fully saturated rings. The lowest BCUT2D eigenvalue weighted by Crippen LogP contribution is -2.38. The first-order valence-corrected chi connectivity index (χ1v) is 27.7. The second-order valence-corrected chi connectivity index (χ2v) is 20.4. The summed E-state index contributed by atoms with van der Waals surface area (Å²) in [5.41, 5.74) is 6.16. The fourth-order valence-electron chi connectivity index (χ4n) is 6.12. The SMILES string of the molecule is CCCCC/C=C\C\C=C/C=C/C=C/[C@@H](SC[C@H](N)C(=O)OC[C@H](COP(=O)(O)OC[C@@H](O)COP(=O)(O)O)OC(=O)CCCCCCCCCCCCC(C)CC)[C@@H](O)CCCC(=O)O. The van der Waals surface area contributed by atoms with Crippen LogP contribution in [0.5, 0.6) is 0 Å². The lowest BCUT2D eigenvalue weighted by molar-refractivity contribution is -0.161. The maximum Gasteiger partial charge on any atom is 0.472 e. The van der Waals surface area contributed by atoms with Gasteiger partial charge in [0.15, 0.2) is 6.10 Å². The van der Waals surface area contributed by atoms with Gasteiger partial charge in [-0.3, -0.25) is 28.0 Å². The minimum atomic E-state index is -4.94. The van der Waals surface area contributed by atoms with E-state index in [2.05, 4.69) is 42.0 Å². The molecule has 66 heavy (non-hydrogen) atoms. The quantitative estimate of drug-likeness (QED) is 0.00985. The molecular weight excluding hydrogens is 917 g/mol. The van der Waals surface area contributed by atoms with Gasteiger partial charge in [0.05, 0.1) is 25.9 Å². The van der Waals surface area contributed by atoms with Crippen molar-refractivity contribution in [2.24, 2.45) is 11.7 Å². The first kappa shape index (κ1) is 63.8. The van der Waals surface area contributed by atoms with Crippen molar-refractivity contribution >= 4 is 45.3 Å². The van der Waals surface area contributed by atoms with E-state index in [1.165, 1.54) is 64.2 Å². The van der Waals surface area contributed by atoms with Gasteiger partial charge in [-0.2, -0.15) is 0 Å². The van der Waals surface area contributed by atoms with Gasteiger partial charge in [-0.05, 0) is 44.4 Å². The molecule has 0 aromatic heterocycles. The number of aliphatic hydroxyl groups excluding tert-OH is 2. The van der Waals surface area contributed by atoms with E-state index in [1.807, 2.05) is 18.2 Å². The molecule has 17 nitrogen and oxygen atoms in total. The van der Waals surface area contributed by atoms with Gasteiger partial charge in [0.25, 0.3) is 0 Å². The van der Waals surface area contributed by atoms with Crippen LogP contribution < -0.4 is 5.73 Å². The third-order valence-corrected chi connectivity index (χ3v) is 13.1. The second kappa shape index (κ2) is 40.7. The minimum Gasteiger partial charge on any atom is -0.481 e. The highest BCUT2D eigenvalue weighted by atomic mass is 32.2. The fourth-order valence-corrected chi connectivity index (χ4v) is 8.40. The predicted octanol–water partition coefficient (Wildman–Crippen LogP) is 9.01. The number of ether oxygens (including phenoxy) is 2. The number of phosphoric ester groups is 2. The van der Waals surface area contributed by atoms with Crippen LogP contribution in [0.3, 0.4) is 0 Å². The Morgan fingerprint density at radius 3 is 1.95 bits per heavy atom. The van der Waals surface area contributed by atoms with Gasteiger partial charge < -0.3 is 45.2 Å². The fraction of sp³-hybridized carbons (Fsp3) is 0.761. The Hall–Kier alpha value is -2.18. The van der Waals surface area contributed by atoms with E-state index in [0.29, 0.717) is 6.42 Å². The van der Waals surface area contributed by atoms with Crippen LogP contribution in [0.2, 0.25) is 0 Å². The van der Waals surface area contributed by atoms with Gasteiger partial charge in [0, 0.05) is 23.8 Å². The van der Waals surface area contributed by atoms with Crippen LogP contribution >= 0.6 is 27.4 Å². The van der Waals surface area contributed by atoms with Crippen molar-refractivity contribution in [1.29, 1.82) is 0 Å². The van der Waals surface area contributed by atoms with Crippen LogP contribution in [0.4, 0.5) is 0 Å². The van der Waals surface area contributed by atoms with E-state index in [4.69, 9.17) is 34.6 Å². The minimum absolute atomic E-state index is 0.0227.